The van der Waals surface area contributed by atoms with Crippen LogP contribution in [0.5, 0.6) is 0 Å². The normalized spacial score (nSPS) is 14.0. The van der Waals surface area contributed by atoms with Crippen LogP contribution in [0.15, 0.2) is 38.1 Å². The number of nitrogens with one attached hydrogen (secondary N) is 1. The van der Waals surface area contributed by atoms with Crippen LogP contribution in [0.25, 0.3) is 0 Å². The van der Waals surface area contributed by atoms with Gasteiger partial charge >= 0.3 is 0 Å². The van der Waals surface area contributed by atoms with E-state index < -0.39 is 5.66 Å². The van der Waals surface area contributed by atoms with Crippen molar-refractivity contribution in [3.05, 3.63) is 40.9 Å². The van der Waals surface area contributed by atoms with E-state index in [1.54, 1.807) is 18.3 Å². The predicted molar refractivity (Wildman–Crippen MR) is 102 cm³/mol. The number of terminal acetylenes is 1. The van der Waals surface area contributed by atoms with Crippen molar-refractivity contribution in [2.45, 2.75) is 49.6 Å². The third-order valence-corrected chi connectivity index (χ3v) is 5.45. The quantitative estimate of drug-likeness (QED) is 0.527. The highest BCUT2D eigenvalue weighted by Gasteiger charge is 2.38. The van der Waals surface area contributed by atoms with Gasteiger partial charge in [0.15, 0.2) is 5.66 Å². The van der Waals surface area contributed by atoms with E-state index in [2.05, 4.69) is 31.6 Å². The molecule has 1 N–H and O–H groups in total. The number of hydrogen-bond donors (Lipinski definition) is 1. The molecule has 140 valence electrons. The lowest BCUT2D eigenvalue weighted by Crippen LogP contribution is -2.28. The highest BCUT2D eigenvalue weighted by Crippen LogP contribution is 2.36. The minimum absolute atomic E-state index is 0.155. The van der Waals surface area contributed by atoms with Gasteiger partial charge in [0, 0.05) is 43.3 Å². The Balaban J connectivity index is 1.57. The van der Waals surface area contributed by atoms with E-state index in [0.717, 1.165) is 23.4 Å². The number of thioether (sulfide) groups is 1. The lowest BCUT2D eigenvalue weighted by Gasteiger charge is -2.11. The second kappa shape index (κ2) is 8.35. The number of nitrogens with zero attached hydrogens (tertiary/aromatic N) is 4. The van der Waals surface area contributed by atoms with Crippen LogP contribution in [-0.4, -0.2) is 28.3 Å². The van der Waals surface area contributed by atoms with Crippen LogP contribution in [0, 0.1) is 26.2 Å². The molecule has 0 spiro atoms. The summed E-state index contributed by atoms with van der Waals surface area (Å²) in [5.74, 6) is 3.88. The highest BCUT2D eigenvalue weighted by molar-refractivity contribution is 7.98. The maximum Gasteiger partial charge on any atom is 0.254 e. The second-order valence-electron chi connectivity index (χ2n) is 6.34. The fourth-order valence-corrected chi connectivity index (χ4v) is 3.81. The van der Waals surface area contributed by atoms with Gasteiger partial charge in [-0.3, -0.25) is 4.79 Å². The molecule has 1 aliphatic heterocycles. The molecule has 7 nitrogen and oxygen atoms in total. The number of aromatic nitrogens is 2. The van der Waals surface area contributed by atoms with Crippen LogP contribution in [0.2, 0.25) is 0 Å². The van der Waals surface area contributed by atoms with E-state index in [4.69, 9.17) is 10.9 Å². The molecule has 0 aromatic carbocycles. The van der Waals surface area contributed by atoms with Gasteiger partial charge in [-0.05, 0) is 26.0 Å². The van der Waals surface area contributed by atoms with Crippen molar-refractivity contribution in [2.75, 3.05) is 6.54 Å². The zero-order valence-corrected chi connectivity index (χ0v) is 16.2. The maximum absolute atomic E-state index is 12.6. The van der Waals surface area contributed by atoms with E-state index in [0.29, 0.717) is 35.7 Å². The van der Waals surface area contributed by atoms with Gasteiger partial charge in [-0.1, -0.05) is 5.16 Å². The molecule has 0 saturated heterocycles. The molecule has 1 aliphatic rings. The fourth-order valence-electron chi connectivity index (χ4n) is 2.67. The fraction of sp³-hybridized carbons (Fsp3) is 0.421. The summed E-state index contributed by atoms with van der Waals surface area (Å²) < 4.78 is 5.19. The van der Waals surface area contributed by atoms with Crippen LogP contribution >= 0.6 is 11.8 Å². The lowest BCUT2D eigenvalue weighted by molar-refractivity contribution is 0.0948. The van der Waals surface area contributed by atoms with Gasteiger partial charge in [0.05, 0.1) is 11.3 Å². The minimum Gasteiger partial charge on any atom is -0.361 e. The summed E-state index contributed by atoms with van der Waals surface area (Å²) in [6.45, 7) is 4.27. The van der Waals surface area contributed by atoms with Gasteiger partial charge < -0.3 is 9.84 Å². The largest absolute Gasteiger partial charge is 0.361 e. The summed E-state index contributed by atoms with van der Waals surface area (Å²) >= 11 is 1.49. The molecule has 27 heavy (non-hydrogen) atoms. The number of amides is 1. The van der Waals surface area contributed by atoms with E-state index in [1.165, 1.54) is 11.8 Å². The summed E-state index contributed by atoms with van der Waals surface area (Å²) in [5.41, 5.74) is 2.05. The van der Waals surface area contributed by atoms with Crippen molar-refractivity contribution < 1.29 is 9.32 Å². The van der Waals surface area contributed by atoms with Crippen LogP contribution in [0.4, 0.5) is 0 Å². The Morgan fingerprint density at radius 3 is 2.85 bits per heavy atom. The third-order valence-electron chi connectivity index (χ3n) is 4.41. The second-order valence-corrected chi connectivity index (χ2v) is 7.30. The molecule has 0 bridgehead atoms. The summed E-state index contributed by atoms with van der Waals surface area (Å²) in [4.78, 5) is 17.0. The van der Waals surface area contributed by atoms with Gasteiger partial charge in [-0.15, -0.1) is 24.1 Å². The molecule has 0 fully saturated rings. The maximum atomic E-state index is 12.6. The smallest absolute Gasteiger partial charge is 0.254 e. The van der Waals surface area contributed by atoms with Crippen LogP contribution in [-0.2, 0) is 5.75 Å². The molecule has 2 aromatic rings. The molecule has 0 unspecified atom stereocenters. The number of hydrogen-bond acceptors (Lipinski definition) is 7. The van der Waals surface area contributed by atoms with Crippen LogP contribution in [0.3, 0.4) is 0 Å². The molecule has 0 saturated carbocycles. The molecule has 2 aromatic heterocycles. The van der Waals surface area contributed by atoms with Gasteiger partial charge in [0.1, 0.15) is 10.8 Å². The number of rotatable bonds is 9. The van der Waals surface area contributed by atoms with E-state index in [1.807, 2.05) is 13.8 Å². The zero-order chi connectivity index (χ0) is 19.3. The SMILES string of the molecule is C#CCCC1(CCNC(=O)c2cccnc2SCc2c(C)noc2C)N=N1. The molecule has 0 atom stereocenters. The highest BCUT2D eigenvalue weighted by atomic mass is 32.2. The number of carbonyl (C=O) groups is 1. The number of pyridine rings is 1. The summed E-state index contributed by atoms with van der Waals surface area (Å²) in [5, 5.41) is 15.7. The third kappa shape index (κ3) is 4.74. The molecule has 0 radical (unpaired) electrons. The zero-order valence-electron chi connectivity index (χ0n) is 15.4. The van der Waals surface area contributed by atoms with Crippen molar-refractivity contribution in [2.24, 2.45) is 10.2 Å². The topological polar surface area (TPSA) is 92.7 Å². The Bertz CT molecular complexity index is 874. The molecule has 8 heteroatoms. The Labute approximate surface area is 162 Å². The first kappa shape index (κ1) is 19.1. The van der Waals surface area contributed by atoms with Crippen molar-refractivity contribution in [3.63, 3.8) is 0 Å². The lowest BCUT2D eigenvalue weighted by atomic mass is 10.0. The first-order chi connectivity index (χ1) is 13.0. The molecule has 3 rings (SSSR count). The van der Waals surface area contributed by atoms with Crippen LogP contribution < -0.4 is 5.32 Å². The Kier molecular flexibility index (Phi) is 5.91. The first-order valence-corrected chi connectivity index (χ1v) is 9.68. The predicted octanol–water partition coefficient (Wildman–Crippen LogP) is 3.67. The summed E-state index contributed by atoms with van der Waals surface area (Å²) in [6.07, 6.45) is 8.99. The summed E-state index contributed by atoms with van der Waals surface area (Å²) in [6, 6.07) is 3.53. The average Bonchev–Trinajstić information content (AvgIpc) is 3.37. The van der Waals surface area contributed by atoms with Crippen molar-refractivity contribution in [3.8, 4) is 12.3 Å². The van der Waals surface area contributed by atoms with Gasteiger partial charge in [0.2, 0.25) is 0 Å². The number of aryl methyl sites for hydroxylation is 2. The Hall–Kier alpha value is -2.66. The summed E-state index contributed by atoms with van der Waals surface area (Å²) in [7, 11) is 0. The number of carbonyl (C=O) groups excluding carboxylic acids is 1. The standard InChI is InChI=1S/C19H21N5O2S/c1-4-5-8-19(23-24-19)9-11-20-17(25)15-7-6-10-21-18(15)27-12-16-13(2)22-26-14(16)3/h1,6-7,10H,5,8-9,11-12H2,2-3H3,(H,20,25). The van der Waals surface area contributed by atoms with Gasteiger partial charge in [0.25, 0.3) is 5.91 Å². The molecular formula is C19H21N5O2S. The van der Waals surface area contributed by atoms with Crippen molar-refractivity contribution in [1.29, 1.82) is 0 Å². The van der Waals surface area contributed by atoms with E-state index in [-0.39, 0.29) is 5.91 Å². The van der Waals surface area contributed by atoms with Crippen molar-refractivity contribution >= 4 is 17.7 Å². The Morgan fingerprint density at radius 2 is 2.19 bits per heavy atom. The van der Waals surface area contributed by atoms with E-state index in [9.17, 15) is 4.79 Å². The van der Waals surface area contributed by atoms with E-state index >= 15 is 0 Å². The first-order valence-electron chi connectivity index (χ1n) is 8.70. The molecule has 3 heterocycles. The molecule has 1 amide bonds. The monoisotopic (exact) mass is 383 g/mol. The van der Waals surface area contributed by atoms with Crippen molar-refractivity contribution in [1.82, 2.24) is 15.5 Å². The molecular weight excluding hydrogens is 362 g/mol. The van der Waals surface area contributed by atoms with Crippen LogP contribution in [0.1, 0.15) is 46.6 Å². The minimum atomic E-state index is -0.393. The molecule has 0 aliphatic carbocycles. The average molecular weight is 383 g/mol. The Morgan fingerprint density at radius 1 is 1.37 bits per heavy atom. The van der Waals surface area contributed by atoms with Gasteiger partial charge in [-0.2, -0.15) is 10.2 Å². The van der Waals surface area contributed by atoms with Gasteiger partial charge in [-0.25, -0.2) is 4.98 Å².